The van der Waals surface area contributed by atoms with Crippen LogP contribution in [-0.4, -0.2) is 9.13 Å². The molecule has 0 saturated carbocycles. The molecule has 0 fully saturated rings. The monoisotopic (exact) mass is 690 g/mol. The molecule has 7 aromatic carbocycles. The van der Waals surface area contributed by atoms with Crippen LogP contribution in [-0.2, 0) is 10.8 Å². The summed E-state index contributed by atoms with van der Waals surface area (Å²) in [6.07, 6.45) is 0. The summed E-state index contributed by atoms with van der Waals surface area (Å²) < 4.78 is 4.60. The molecule has 254 valence electrons. The van der Waals surface area contributed by atoms with Crippen LogP contribution in [0.25, 0.3) is 77.2 Å². The second-order valence-electron chi connectivity index (χ2n) is 15.9. The molecule has 0 saturated heterocycles. The molecule has 0 N–H and O–H groups in total. The molecule has 0 atom stereocenters. The second-order valence-corrected chi connectivity index (χ2v) is 15.9. The van der Waals surface area contributed by atoms with Crippen LogP contribution in [0.4, 0.5) is 0 Å². The van der Waals surface area contributed by atoms with Gasteiger partial charge in [0.25, 0.3) is 0 Å². The maximum absolute atomic E-state index is 10.9. The number of fused-ring (bicyclic) bond motifs is 14. The van der Waals surface area contributed by atoms with Crippen molar-refractivity contribution in [1.82, 2.24) is 9.13 Å². The maximum atomic E-state index is 10.9. The van der Waals surface area contributed by atoms with Gasteiger partial charge in [0.15, 0.2) is 0 Å². The fourth-order valence-electron chi connectivity index (χ4n) is 10.1. The van der Waals surface area contributed by atoms with Crippen molar-refractivity contribution in [3.8, 4) is 45.8 Å². The maximum Gasteiger partial charge on any atom is 0.103 e. The number of para-hydroxylation sites is 2. The summed E-state index contributed by atoms with van der Waals surface area (Å²) >= 11 is 0. The van der Waals surface area contributed by atoms with Crippen LogP contribution < -0.4 is 0 Å². The molecule has 2 aliphatic rings. The number of nitriles is 2. The van der Waals surface area contributed by atoms with E-state index in [2.05, 4.69) is 176 Å². The van der Waals surface area contributed by atoms with E-state index in [0.717, 1.165) is 49.3 Å². The van der Waals surface area contributed by atoms with Gasteiger partial charge in [-0.2, -0.15) is 10.5 Å². The van der Waals surface area contributed by atoms with E-state index in [4.69, 9.17) is 0 Å². The van der Waals surface area contributed by atoms with Crippen molar-refractivity contribution in [1.29, 1.82) is 10.5 Å². The summed E-state index contributed by atoms with van der Waals surface area (Å²) in [7, 11) is 0. The van der Waals surface area contributed by atoms with Gasteiger partial charge in [-0.25, -0.2) is 0 Å². The molecule has 54 heavy (non-hydrogen) atoms. The minimum Gasteiger partial charge on any atom is -0.308 e. The molecule has 0 radical (unpaired) electrons. The van der Waals surface area contributed by atoms with E-state index in [0.29, 0.717) is 16.8 Å². The van der Waals surface area contributed by atoms with Crippen molar-refractivity contribution in [2.24, 2.45) is 0 Å². The molecule has 0 bridgehead atoms. The normalized spacial score (nSPS) is 14.6. The summed E-state index contributed by atoms with van der Waals surface area (Å²) in [6.45, 7) is 9.21. The molecule has 0 aliphatic heterocycles. The molecule has 0 spiro atoms. The summed E-state index contributed by atoms with van der Waals surface area (Å²) in [4.78, 5) is 0. The van der Waals surface area contributed by atoms with Gasteiger partial charge in [0, 0.05) is 49.2 Å². The van der Waals surface area contributed by atoms with Gasteiger partial charge in [0.1, 0.15) is 12.1 Å². The molecule has 11 rings (SSSR count). The average molecular weight is 691 g/mol. The van der Waals surface area contributed by atoms with Gasteiger partial charge in [0.05, 0.1) is 38.9 Å². The van der Waals surface area contributed by atoms with E-state index < -0.39 is 0 Å². The molecular weight excluding hydrogens is 657 g/mol. The fraction of sp³-hybridized carbons (Fsp3) is 0.120. The highest BCUT2D eigenvalue weighted by molar-refractivity contribution is 6.17. The first-order valence-electron chi connectivity index (χ1n) is 18.6. The molecule has 2 aromatic heterocycles. The first kappa shape index (κ1) is 30.7. The molecule has 2 aliphatic carbocycles. The van der Waals surface area contributed by atoms with Gasteiger partial charge in [-0.3, -0.25) is 0 Å². The van der Waals surface area contributed by atoms with Crippen molar-refractivity contribution >= 4 is 43.6 Å². The van der Waals surface area contributed by atoms with E-state index in [-0.39, 0.29) is 10.8 Å². The molecule has 2 heterocycles. The number of aromatic nitrogens is 2. The zero-order valence-electron chi connectivity index (χ0n) is 30.5. The number of nitrogens with zero attached hydrogens (tertiary/aromatic N) is 4. The van der Waals surface area contributed by atoms with E-state index in [1.54, 1.807) is 0 Å². The lowest BCUT2D eigenvalue weighted by Crippen LogP contribution is -2.14. The SMILES string of the molecule is CC1(C)c2ccccc2-c2c1ccc1c3ccccc3n(-c3cc(C#N)c(C#N)c(-n4c5ccccc5c5ccc6c(c54)-c4ccccc4C6(C)C)c3)c21. The Balaban J connectivity index is 1.32. The third-order valence-electron chi connectivity index (χ3n) is 12.6. The van der Waals surface area contributed by atoms with E-state index in [1.807, 2.05) is 6.07 Å². The van der Waals surface area contributed by atoms with Crippen LogP contribution >= 0.6 is 0 Å². The first-order chi connectivity index (χ1) is 26.3. The van der Waals surface area contributed by atoms with Crippen LogP contribution in [0.1, 0.15) is 61.1 Å². The summed E-state index contributed by atoms with van der Waals surface area (Å²) in [6, 6.07) is 52.6. The Hall–Kier alpha value is -6.88. The Morgan fingerprint density at radius 1 is 0.463 bits per heavy atom. The minimum atomic E-state index is -0.202. The zero-order chi connectivity index (χ0) is 36.7. The van der Waals surface area contributed by atoms with Gasteiger partial charge in [-0.05, 0) is 57.6 Å². The summed E-state index contributed by atoms with van der Waals surface area (Å²) in [5, 5.41) is 26.3. The Morgan fingerprint density at radius 2 is 0.944 bits per heavy atom. The molecule has 4 nitrogen and oxygen atoms in total. The van der Waals surface area contributed by atoms with Crippen molar-refractivity contribution in [3.63, 3.8) is 0 Å². The highest BCUT2D eigenvalue weighted by atomic mass is 15.0. The van der Waals surface area contributed by atoms with Gasteiger partial charge < -0.3 is 9.13 Å². The van der Waals surface area contributed by atoms with E-state index in [9.17, 15) is 10.5 Å². The Labute approximate surface area is 313 Å². The summed E-state index contributed by atoms with van der Waals surface area (Å²) in [5.41, 5.74) is 16.1. The molecule has 9 aromatic rings. The van der Waals surface area contributed by atoms with Gasteiger partial charge in [-0.15, -0.1) is 0 Å². The van der Waals surface area contributed by atoms with Gasteiger partial charge >= 0.3 is 0 Å². The number of rotatable bonds is 2. The topological polar surface area (TPSA) is 57.4 Å². The Kier molecular flexibility index (Phi) is 5.90. The Bertz CT molecular complexity index is 3240. The quantitative estimate of drug-likeness (QED) is 0.181. The fourth-order valence-corrected chi connectivity index (χ4v) is 10.1. The highest BCUT2D eigenvalue weighted by Crippen LogP contribution is 2.55. The molecule has 0 unspecified atom stereocenters. The molecule has 4 heteroatoms. The first-order valence-corrected chi connectivity index (χ1v) is 18.6. The van der Waals surface area contributed by atoms with E-state index >= 15 is 0 Å². The van der Waals surface area contributed by atoms with Crippen LogP contribution in [0, 0.1) is 22.7 Å². The van der Waals surface area contributed by atoms with Crippen LogP contribution in [0.2, 0.25) is 0 Å². The van der Waals surface area contributed by atoms with Crippen molar-refractivity contribution in [3.05, 3.63) is 167 Å². The number of hydrogen-bond acceptors (Lipinski definition) is 2. The molecule has 0 amide bonds. The predicted octanol–water partition coefficient (Wildman–Crippen LogP) is 12.2. The minimum absolute atomic E-state index is 0.178. The third-order valence-corrected chi connectivity index (χ3v) is 12.6. The average Bonchev–Trinajstić information content (AvgIpc) is 3.86. The highest BCUT2D eigenvalue weighted by Gasteiger charge is 2.39. The van der Waals surface area contributed by atoms with Gasteiger partial charge in [-0.1, -0.05) is 137 Å². The summed E-state index contributed by atoms with van der Waals surface area (Å²) in [5.74, 6) is 0. The van der Waals surface area contributed by atoms with Gasteiger partial charge in [0.2, 0.25) is 0 Å². The standard InChI is InChI=1S/C50H34N4/c1-49(2)38-17-9-5-15-35(38)45-40(49)23-21-33-31-13-7-11-19-42(31)53(47(33)45)30-25-29(27-51)37(28-52)44(26-30)54-43-20-12-8-14-32(43)34-22-24-41-46(48(34)54)36-16-6-10-18-39(36)50(41,3)4/h5-26H,1-4H3. The smallest absolute Gasteiger partial charge is 0.103 e. The predicted molar refractivity (Wildman–Crippen MR) is 220 cm³/mol. The lowest BCUT2D eigenvalue weighted by atomic mass is 9.82. The van der Waals surface area contributed by atoms with Crippen LogP contribution in [0.3, 0.4) is 0 Å². The largest absolute Gasteiger partial charge is 0.308 e. The lowest BCUT2D eigenvalue weighted by Gasteiger charge is -2.22. The van der Waals surface area contributed by atoms with E-state index in [1.165, 1.54) is 44.5 Å². The number of hydrogen-bond donors (Lipinski definition) is 0. The van der Waals surface area contributed by atoms with Crippen molar-refractivity contribution in [2.45, 2.75) is 38.5 Å². The molecular formula is C50H34N4. The number of benzene rings is 7. The zero-order valence-corrected chi connectivity index (χ0v) is 30.5. The second kappa shape index (κ2) is 10.4. The third kappa shape index (κ3) is 3.65. The lowest BCUT2D eigenvalue weighted by molar-refractivity contribution is 0.660. The van der Waals surface area contributed by atoms with Crippen LogP contribution in [0.15, 0.2) is 133 Å². The van der Waals surface area contributed by atoms with Crippen molar-refractivity contribution < 1.29 is 0 Å². The van der Waals surface area contributed by atoms with Crippen LogP contribution in [0.5, 0.6) is 0 Å². The Morgan fingerprint density at radius 3 is 1.48 bits per heavy atom. The van der Waals surface area contributed by atoms with Crippen molar-refractivity contribution in [2.75, 3.05) is 0 Å².